The lowest BCUT2D eigenvalue weighted by molar-refractivity contribution is -0.0987. The summed E-state index contributed by atoms with van der Waals surface area (Å²) in [4.78, 5) is 39.9. The third kappa shape index (κ3) is 6.97. The number of hydrogen-bond donors (Lipinski definition) is 3. The second-order valence-corrected chi connectivity index (χ2v) is 7.59. The molecule has 194 valence electrons. The highest BCUT2D eigenvalue weighted by Gasteiger charge is 2.17. The molecule has 0 bridgehead atoms. The van der Waals surface area contributed by atoms with Gasteiger partial charge in [-0.2, -0.15) is 5.10 Å². The quantitative estimate of drug-likeness (QED) is 0.361. The second kappa shape index (κ2) is 14.7. The first kappa shape index (κ1) is 28.6. The van der Waals surface area contributed by atoms with Gasteiger partial charge in [-0.05, 0) is 48.7 Å². The van der Waals surface area contributed by atoms with Crippen LogP contribution >= 0.6 is 0 Å². The van der Waals surface area contributed by atoms with Gasteiger partial charge in [-0.1, -0.05) is 19.9 Å². The minimum absolute atomic E-state index is 0.286. The molecule has 0 saturated carbocycles. The number of aromatic amines is 1. The van der Waals surface area contributed by atoms with Crippen molar-refractivity contribution < 1.29 is 14.4 Å². The van der Waals surface area contributed by atoms with Gasteiger partial charge in [-0.3, -0.25) is 14.9 Å². The van der Waals surface area contributed by atoms with E-state index in [1.807, 2.05) is 58.0 Å². The van der Waals surface area contributed by atoms with E-state index >= 15 is 0 Å². The molecule has 4 aromatic rings. The Labute approximate surface area is 216 Å². The van der Waals surface area contributed by atoms with E-state index in [9.17, 15) is 4.79 Å². The number of fused-ring (bicyclic) bond motifs is 1. The molecular weight excluding hydrogens is 470 g/mol. The Morgan fingerprint density at radius 1 is 0.946 bits per heavy atom. The Kier molecular flexibility index (Phi) is 11.4. The lowest BCUT2D eigenvalue weighted by atomic mass is 10.0. The van der Waals surface area contributed by atoms with E-state index in [-0.39, 0.29) is 5.91 Å². The van der Waals surface area contributed by atoms with Crippen LogP contribution in [-0.2, 0) is 9.59 Å². The molecule has 3 N–H and O–H groups in total. The van der Waals surface area contributed by atoms with Crippen molar-refractivity contribution in [1.29, 1.82) is 0 Å². The van der Waals surface area contributed by atoms with Crippen molar-refractivity contribution in [3.63, 3.8) is 0 Å². The monoisotopic (exact) mass is 503 g/mol. The maximum absolute atomic E-state index is 12.9. The minimum Gasteiger partial charge on any atom is -0.373 e. The van der Waals surface area contributed by atoms with Crippen LogP contribution in [-0.4, -0.2) is 59.8 Å². The number of pyridine rings is 2. The van der Waals surface area contributed by atoms with Crippen LogP contribution in [0.4, 0.5) is 17.2 Å². The van der Waals surface area contributed by atoms with Crippen molar-refractivity contribution in [1.82, 2.24) is 20.2 Å². The van der Waals surface area contributed by atoms with Crippen molar-refractivity contribution >= 4 is 47.6 Å². The standard InChI is InChI=1S/C23H23N7O.C2H6.2CH2O/c1-24-21-7-5-17(13-26-21)27-23(31)22-19-11-15(4-6-20(19)28-29-22)16-10-18(14-25-12-16)30-8-2-3-9-30;3*1-2/h4-7,10-14H,2-3,8-9H2,1H3,(H,24,26)(H,27,31)(H,28,29);1-2H3;2*1H2. The Morgan fingerprint density at radius 2 is 1.68 bits per heavy atom. The zero-order valence-corrected chi connectivity index (χ0v) is 21.5. The number of carbonyl (C=O) groups excluding carboxylic acids is 3. The molecule has 0 aliphatic carbocycles. The van der Waals surface area contributed by atoms with Gasteiger partial charge < -0.3 is 25.1 Å². The maximum Gasteiger partial charge on any atom is 0.276 e. The summed E-state index contributed by atoms with van der Waals surface area (Å²) >= 11 is 0. The molecule has 10 nitrogen and oxygen atoms in total. The minimum atomic E-state index is -0.286. The van der Waals surface area contributed by atoms with Crippen molar-refractivity contribution in [3.05, 3.63) is 60.7 Å². The first-order valence-corrected chi connectivity index (χ1v) is 11.9. The van der Waals surface area contributed by atoms with Crippen LogP contribution in [0.25, 0.3) is 22.0 Å². The van der Waals surface area contributed by atoms with Crippen LogP contribution < -0.4 is 15.5 Å². The van der Waals surface area contributed by atoms with E-state index in [0.29, 0.717) is 11.4 Å². The molecule has 1 aromatic carbocycles. The first-order valence-electron chi connectivity index (χ1n) is 11.9. The number of hydrogen-bond acceptors (Lipinski definition) is 8. The average molecular weight is 504 g/mol. The predicted octanol–water partition coefficient (Wildman–Crippen LogP) is 4.57. The summed E-state index contributed by atoms with van der Waals surface area (Å²) in [6, 6.07) is 11.7. The van der Waals surface area contributed by atoms with Crippen LogP contribution in [0, 0.1) is 0 Å². The van der Waals surface area contributed by atoms with Crippen molar-refractivity contribution in [2.75, 3.05) is 35.7 Å². The number of benzene rings is 1. The highest BCUT2D eigenvalue weighted by atomic mass is 16.2. The fourth-order valence-electron chi connectivity index (χ4n) is 3.91. The van der Waals surface area contributed by atoms with E-state index in [1.54, 1.807) is 25.4 Å². The lowest BCUT2D eigenvalue weighted by Crippen LogP contribution is -2.17. The molecule has 1 amide bonds. The van der Waals surface area contributed by atoms with Gasteiger partial charge in [0.1, 0.15) is 19.4 Å². The van der Waals surface area contributed by atoms with E-state index < -0.39 is 0 Å². The zero-order valence-electron chi connectivity index (χ0n) is 21.5. The van der Waals surface area contributed by atoms with Crippen molar-refractivity contribution in [2.45, 2.75) is 26.7 Å². The largest absolute Gasteiger partial charge is 0.373 e. The molecule has 0 unspecified atom stereocenters. The number of amides is 1. The topological polar surface area (TPSA) is 133 Å². The third-order valence-corrected chi connectivity index (χ3v) is 5.58. The Morgan fingerprint density at radius 3 is 2.32 bits per heavy atom. The van der Waals surface area contributed by atoms with Gasteiger partial charge >= 0.3 is 0 Å². The summed E-state index contributed by atoms with van der Waals surface area (Å²) in [5.74, 6) is 0.448. The number of anilines is 3. The molecule has 1 aliphatic heterocycles. The number of aromatic nitrogens is 4. The van der Waals surface area contributed by atoms with Crippen molar-refractivity contribution in [2.24, 2.45) is 0 Å². The molecular formula is C27H33N7O3. The third-order valence-electron chi connectivity index (χ3n) is 5.58. The van der Waals surface area contributed by atoms with E-state index in [1.165, 1.54) is 12.8 Å². The van der Waals surface area contributed by atoms with E-state index in [2.05, 4.69) is 41.8 Å². The van der Waals surface area contributed by atoms with Crippen LogP contribution in [0.5, 0.6) is 0 Å². The number of H-pyrrole nitrogens is 1. The lowest BCUT2D eigenvalue weighted by Gasteiger charge is -2.17. The van der Waals surface area contributed by atoms with Crippen LogP contribution in [0.3, 0.4) is 0 Å². The number of nitrogens with zero attached hydrogens (tertiary/aromatic N) is 4. The van der Waals surface area contributed by atoms with Gasteiger partial charge in [0.05, 0.1) is 29.3 Å². The van der Waals surface area contributed by atoms with Crippen molar-refractivity contribution in [3.8, 4) is 11.1 Å². The summed E-state index contributed by atoms with van der Waals surface area (Å²) < 4.78 is 0. The van der Waals surface area contributed by atoms with Gasteiger partial charge in [-0.15, -0.1) is 0 Å². The molecule has 1 fully saturated rings. The Hall–Kier alpha value is -4.60. The molecule has 5 rings (SSSR count). The smallest absolute Gasteiger partial charge is 0.276 e. The fraction of sp³-hybridized carbons (Fsp3) is 0.259. The Balaban J connectivity index is 0.000000750. The first-order chi connectivity index (χ1) is 18.2. The summed E-state index contributed by atoms with van der Waals surface area (Å²) in [5, 5.41) is 13.8. The highest BCUT2D eigenvalue weighted by Crippen LogP contribution is 2.29. The normalized spacial score (nSPS) is 11.7. The highest BCUT2D eigenvalue weighted by molar-refractivity contribution is 6.11. The second-order valence-electron chi connectivity index (χ2n) is 7.59. The molecule has 0 spiro atoms. The SMILES string of the molecule is C=O.C=O.CC.CNc1ccc(NC(=O)c2n[nH]c3ccc(-c4cncc(N5CCCC5)c4)cc23)cn1. The van der Waals surface area contributed by atoms with Gasteiger partial charge in [0.2, 0.25) is 0 Å². The Bertz CT molecular complexity index is 1270. The summed E-state index contributed by atoms with van der Waals surface area (Å²) in [7, 11) is 1.80. The van der Waals surface area contributed by atoms with E-state index in [0.717, 1.165) is 46.6 Å². The maximum atomic E-state index is 12.9. The van der Waals surface area contributed by atoms with Crippen LogP contribution in [0.15, 0.2) is 55.0 Å². The molecule has 0 atom stereocenters. The van der Waals surface area contributed by atoms with Gasteiger partial charge in [0.15, 0.2) is 5.69 Å². The molecule has 37 heavy (non-hydrogen) atoms. The zero-order chi connectivity index (χ0) is 27.2. The molecule has 10 heteroatoms. The summed E-state index contributed by atoms with van der Waals surface area (Å²) in [6.07, 6.45) is 7.82. The molecule has 1 aliphatic rings. The molecule has 0 radical (unpaired) electrons. The molecule has 1 saturated heterocycles. The van der Waals surface area contributed by atoms with Crippen LogP contribution in [0.2, 0.25) is 0 Å². The number of nitrogens with one attached hydrogen (secondary N) is 3. The van der Waals surface area contributed by atoms with Gasteiger partial charge in [0, 0.05) is 37.3 Å². The number of carbonyl (C=O) groups is 3. The van der Waals surface area contributed by atoms with E-state index in [4.69, 9.17) is 9.59 Å². The molecule has 3 aromatic heterocycles. The summed E-state index contributed by atoms with van der Waals surface area (Å²) in [5.41, 5.74) is 4.92. The van der Waals surface area contributed by atoms with Gasteiger partial charge in [-0.25, -0.2) is 4.98 Å². The summed E-state index contributed by atoms with van der Waals surface area (Å²) in [6.45, 7) is 10.1. The fourth-order valence-corrected chi connectivity index (χ4v) is 3.91. The predicted molar refractivity (Wildman–Crippen MR) is 148 cm³/mol. The average Bonchev–Trinajstić information content (AvgIpc) is 3.67. The molecule has 4 heterocycles. The number of rotatable bonds is 5. The van der Waals surface area contributed by atoms with Gasteiger partial charge in [0.25, 0.3) is 5.91 Å². The van der Waals surface area contributed by atoms with Crippen LogP contribution in [0.1, 0.15) is 37.2 Å².